The summed E-state index contributed by atoms with van der Waals surface area (Å²) < 4.78 is 11.0. The Labute approximate surface area is 136 Å². The summed E-state index contributed by atoms with van der Waals surface area (Å²) in [5.74, 6) is 0.284. The molecular weight excluding hydrogens is 296 g/mol. The van der Waals surface area contributed by atoms with Gasteiger partial charge in [0.2, 0.25) is 0 Å². The Balaban J connectivity index is 1.61. The summed E-state index contributed by atoms with van der Waals surface area (Å²) in [6.07, 6.45) is 4.18. The molecule has 0 saturated carbocycles. The molecule has 1 aromatic heterocycles. The molecule has 0 radical (unpaired) electrons. The van der Waals surface area contributed by atoms with Gasteiger partial charge < -0.3 is 14.8 Å². The summed E-state index contributed by atoms with van der Waals surface area (Å²) in [5, 5.41) is 3.01. The van der Waals surface area contributed by atoms with Gasteiger partial charge in [0.05, 0.1) is 31.7 Å². The third kappa shape index (κ3) is 4.25. The maximum Gasteiger partial charge on any atom is 0.271 e. The molecule has 0 aromatic carbocycles. The van der Waals surface area contributed by atoms with Crippen molar-refractivity contribution in [3.05, 3.63) is 23.8 Å². The zero-order valence-electron chi connectivity index (χ0n) is 13.5. The minimum absolute atomic E-state index is 0.172. The number of aryl methyl sites for hydroxylation is 1. The van der Waals surface area contributed by atoms with E-state index < -0.39 is 0 Å². The van der Waals surface area contributed by atoms with Gasteiger partial charge in [0.25, 0.3) is 5.91 Å². The second kappa shape index (κ2) is 7.81. The molecule has 0 unspecified atom stereocenters. The van der Waals surface area contributed by atoms with Gasteiger partial charge in [-0.1, -0.05) is 0 Å². The molecule has 23 heavy (non-hydrogen) atoms. The van der Waals surface area contributed by atoms with E-state index in [1.807, 2.05) is 6.92 Å². The number of morpholine rings is 1. The highest BCUT2D eigenvalue weighted by molar-refractivity contribution is 5.91. The van der Waals surface area contributed by atoms with Crippen molar-refractivity contribution < 1.29 is 14.3 Å². The van der Waals surface area contributed by atoms with Crippen molar-refractivity contribution in [1.82, 2.24) is 20.2 Å². The average Bonchev–Trinajstić information content (AvgIpc) is 3.11. The number of carbonyl (C=O) groups excluding carboxylic acids is 1. The van der Waals surface area contributed by atoms with E-state index in [0.717, 1.165) is 51.6 Å². The molecular formula is C16H24N4O3. The molecule has 0 bridgehead atoms. The third-order valence-corrected chi connectivity index (χ3v) is 4.51. The highest BCUT2D eigenvalue weighted by atomic mass is 16.5. The summed E-state index contributed by atoms with van der Waals surface area (Å²) in [6.45, 7) is 7.34. The number of aromatic nitrogens is 2. The topological polar surface area (TPSA) is 76.6 Å². The molecule has 3 rings (SSSR count). The van der Waals surface area contributed by atoms with E-state index in [2.05, 4.69) is 20.2 Å². The first-order valence-corrected chi connectivity index (χ1v) is 8.20. The summed E-state index contributed by atoms with van der Waals surface area (Å²) in [6, 6.07) is 0.281. The molecule has 2 fully saturated rings. The molecule has 0 spiro atoms. The van der Waals surface area contributed by atoms with E-state index in [9.17, 15) is 4.79 Å². The number of carbonyl (C=O) groups is 1. The van der Waals surface area contributed by atoms with Crippen LogP contribution < -0.4 is 5.32 Å². The van der Waals surface area contributed by atoms with Crippen molar-refractivity contribution in [2.24, 2.45) is 5.92 Å². The van der Waals surface area contributed by atoms with Crippen LogP contribution >= 0.6 is 0 Å². The third-order valence-electron chi connectivity index (χ3n) is 4.51. The number of hydrogen-bond donors (Lipinski definition) is 1. The average molecular weight is 320 g/mol. The van der Waals surface area contributed by atoms with Crippen molar-refractivity contribution in [2.75, 3.05) is 46.1 Å². The maximum absolute atomic E-state index is 12.3. The van der Waals surface area contributed by atoms with Gasteiger partial charge >= 0.3 is 0 Å². The van der Waals surface area contributed by atoms with Gasteiger partial charge in [0, 0.05) is 44.4 Å². The van der Waals surface area contributed by atoms with Gasteiger partial charge in [-0.15, -0.1) is 0 Å². The standard InChI is InChI=1S/C16H24N4O3/c1-12-8-18-14(9-17-12)16(21)19-10-15(13-2-5-23-11-13)20-3-6-22-7-4-20/h8-9,13,15H,2-7,10-11H2,1H3,(H,19,21)/t13-,15+/m1/s1. The maximum atomic E-state index is 12.3. The lowest BCUT2D eigenvalue weighted by Crippen LogP contribution is -2.52. The fraction of sp³-hybridized carbons (Fsp3) is 0.688. The van der Waals surface area contributed by atoms with Crippen molar-refractivity contribution in [3.63, 3.8) is 0 Å². The zero-order chi connectivity index (χ0) is 16.1. The van der Waals surface area contributed by atoms with Crippen LogP contribution in [0.25, 0.3) is 0 Å². The molecule has 7 nitrogen and oxygen atoms in total. The highest BCUT2D eigenvalue weighted by Crippen LogP contribution is 2.21. The molecule has 2 atom stereocenters. The number of rotatable bonds is 5. The first-order chi connectivity index (χ1) is 11.2. The van der Waals surface area contributed by atoms with Crippen molar-refractivity contribution in [3.8, 4) is 0 Å². The molecule has 1 aromatic rings. The van der Waals surface area contributed by atoms with Crippen molar-refractivity contribution in [1.29, 1.82) is 0 Å². The minimum atomic E-state index is -0.172. The summed E-state index contributed by atoms with van der Waals surface area (Å²) in [4.78, 5) is 22.9. The first kappa shape index (κ1) is 16.3. The smallest absolute Gasteiger partial charge is 0.271 e. The summed E-state index contributed by atoms with van der Waals surface area (Å²) >= 11 is 0. The molecule has 2 aliphatic rings. The molecule has 126 valence electrons. The van der Waals surface area contributed by atoms with Crippen LogP contribution in [0.2, 0.25) is 0 Å². The van der Waals surface area contributed by atoms with Gasteiger partial charge in [-0.2, -0.15) is 0 Å². The van der Waals surface area contributed by atoms with Crippen LogP contribution in [-0.4, -0.2) is 72.9 Å². The molecule has 2 saturated heterocycles. The van der Waals surface area contributed by atoms with Crippen molar-refractivity contribution in [2.45, 2.75) is 19.4 Å². The second-order valence-corrected chi connectivity index (χ2v) is 6.09. The van der Waals surface area contributed by atoms with E-state index in [1.165, 1.54) is 6.20 Å². The van der Waals surface area contributed by atoms with Gasteiger partial charge in [0.15, 0.2) is 0 Å². The fourth-order valence-electron chi connectivity index (χ4n) is 3.16. The van der Waals surface area contributed by atoms with E-state index >= 15 is 0 Å². The Bertz CT molecular complexity index is 511. The predicted molar refractivity (Wildman–Crippen MR) is 84.2 cm³/mol. The minimum Gasteiger partial charge on any atom is -0.381 e. The number of nitrogens with zero attached hydrogens (tertiary/aromatic N) is 3. The summed E-state index contributed by atoms with van der Waals surface area (Å²) in [5.41, 5.74) is 1.16. The molecule has 7 heteroatoms. The van der Waals surface area contributed by atoms with Crippen LogP contribution in [0.3, 0.4) is 0 Å². The normalized spacial score (nSPS) is 23.6. The lowest BCUT2D eigenvalue weighted by atomic mass is 9.97. The Morgan fingerprint density at radius 1 is 1.30 bits per heavy atom. The van der Waals surface area contributed by atoms with Crippen LogP contribution in [0.15, 0.2) is 12.4 Å². The Morgan fingerprint density at radius 2 is 2.13 bits per heavy atom. The first-order valence-electron chi connectivity index (χ1n) is 8.20. The van der Waals surface area contributed by atoms with Gasteiger partial charge in [0.1, 0.15) is 5.69 Å². The lowest BCUT2D eigenvalue weighted by Gasteiger charge is -2.37. The van der Waals surface area contributed by atoms with Crippen LogP contribution in [0.4, 0.5) is 0 Å². The summed E-state index contributed by atoms with van der Waals surface area (Å²) in [7, 11) is 0. The molecule has 2 aliphatic heterocycles. The van der Waals surface area contributed by atoms with E-state index in [4.69, 9.17) is 9.47 Å². The molecule has 0 aliphatic carbocycles. The highest BCUT2D eigenvalue weighted by Gasteiger charge is 2.31. The molecule has 3 heterocycles. The molecule has 1 N–H and O–H groups in total. The predicted octanol–water partition coefficient (Wildman–Crippen LogP) is 0.252. The van der Waals surface area contributed by atoms with E-state index in [-0.39, 0.29) is 11.9 Å². The number of amides is 1. The Kier molecular flexibility index (Phi) is 5.53. The Hall–Kier alpha value is -1.57. The fourth-order valence-corrected chi connectivity index (χ4v) is 3.16. The second-order valence-electron chi connectivity index (χ2n) is 6.09. The SMILES string of the molecule is Cc1cnc(C(=O)NC[C@@H]([C@@H]2CCOC2)N2CCOCC2)cn1. The number of ether oxygens (including phenoxy) is 2. The zero-order valence-corrected chi connectivity index (χ0v) is 13.5. The Morgan fingerprint density at radius 3 is 2.78 bits per heavy atom. The quantitative estimate of drug-likeness (QED) is 0.838. The monoisotopic (exact) mass is 320 g/mol. The van der Waals surface area contributed by atoms with Gasteiger partial charge in [-0.25, -0.2) is 4.98 Å². The van der Waals surface area contributed by atoms with Crippen LogP contribution in [-0.2, 0) is 9.47 Å². The largest absolute Gasteiger partial charge is 0.381 e. The van der Waals surface area contributed by atoms with Gasteiger partial charge in [-0.05, 0) is 13.3 Å². The van der Waals surface area contributed by atoms with Crippen LogP contribution in [0.1, 0.15) is 22.6 Å². The number of hydrogen-bond acceptors (Lipinski definition) is 6. The van der Waals surface area contributed by atoms with E-state index in [0.29, 0.717) is 18.2 Å². The van der Waals surface area contributed by atoms with Crippen molar-refractivity contribution >= 4 is 5.91 Å². The van der Waals surface area contributed by atoms with Crippen LogP contribution in [0, 0.1) is 12.8 Å². The number of nitrogens with one attached hydrogen (secondary N) is 1. The van der Waals surface area contributed by atoms with Gasteiger partial charge in [-0.3, -0.25) is 14.7 Å². The van der Waals surface area contributed by atoms with E-state index in [1.54, 1.807) is 6.20 Å². The molecule has 1 amide bonds. The lowest BCUT2D eigenvalue weighted by molar-refractivity contribution is 0.00165. The van der Waals surface area contributed by atoms with Crippen LogP contribution in [0.5, 0.6) is 0 Å².